The first kappa shape index (κ1) is 14.6. The molecule has 2 N–H and O–H groups in total. The second-order valence-corrected chi connectivity index (χ2v) is 7.88. The molecular formula is C14H19NO5S. The van der Waals surface area contributed by atoms with Crippen LogP contribution in [0.1, 0.15) is 11.5 Å². The molecule has 0 aromatic heterocycles. The Bertz CT molecular complexity index is 659. The molecule has 0 spiro atoms. The number of hydrogen-bond acceptors (Lipinski definition) is 6. The lowest BCUT2D eigenvalue weighted by Gasteiger charge is -2.14. The Morgan fingerprint density at radius 1 is 1.38 bits per heavy atom. The smallest absolute Gasteiger partial charge is 0.231 e. The van der Waals surface area contributed by atoms with Gasteiger partial charge < -0.3 is 19.9 Å². The van der Waals surface area contributed by atoms with E-state index in [9.17, 15) is 8.42 Å². The fraction of sp³-hybridized carbons (Fsp3) is 0.571. The minimum Gasteiger partial charge on any atom is -0.454 e. The van der Waals surface area contributed by atoms with Crippen LogP contribution in [-0.4, -0.2) is 47.0 Å². The van der Waals surface area contributed by atoms with Crippen LogP contribution in [0.3, 0.4) is 0 Å². The summed E-state index contributed by atoms with van der Waals surface area (Å²) in [7, 11) is -1.65. The van der Waals surface area contributed by atoms with Crippen molar-refractivity contribution >= 4 is 9.84 Å². The molecule has 0 saturated heterocycles. The number of benzene rings is 1. The van der Waals surface area contributed by atoms with Crippen molar-refractivity contribution in [2.45, 2.75) is 11.2 Å². The third kappa shape index (κ3) is 2.20. The summed E-state index contributed by atoms with van der Waals surface area (Å²) in [6.07, 6.45) is 1.25. The van der Waals surface area contributed by atoms with Gasteiger partial charge in [-0.05, 0) is 17.7 Å². The minimum absolute atomic E-state index is 0.174. The number of ether oxygens (including phenoxy) is 3. The van der Waals surface area contributed by atoms with Gasteiger partial charge in [-0.3, -0.25) is 0 Å². The predicted molar refractivity (Wildman–Crippen MR) is 77.3 cm³/mol. The molecule has 21 heavy (non-hydrogen) atoms. The van der Waals surface area contributed by atoms with Crippen molar-refractivity contribution in [1.82, 2.24) is 0 Å². The molecule has 1 aliphatic heterocycles. The lowest BCUT2D eigenvalue weighted by Crippen LogP contribution is -2.28. The van der Waals surface area contributed by atoms with Crippen molar-refractivity contribution in [3.05, 3.63) is 23.8 Å². The van der Waals surface area contributed by atoms with Gasteiger partial charge in [0, 0.05) is 31.2 Å². The highest BCUT2D eigenvalue weighted by atomic mass is 32.2. The molecule has 116 valence electrons. The molecule has 3 rings (SSSR count). The van der Waals surface area contributed by atoms with Crippen LogP contribution < -0.4 is 15.2 Å². The average Bonchev–Trinajstić information content (AvgIpc) is 2.88. The standard InChI is InChI=1S/C14H19NO5S/c1-18-7-14(6-15)12(13(14)21(2,16)17)9-3-4-10-11(5-9)20-8-19-10/h3-5,12-13H,6-8,15H2,1-2H3/t12-,13-,14+/m0/s1. The first-order chi connectivity index (χ1) is 9.94. The van der Waals surface area contributed by atoms with Gasteiger partial charge in [-0.2, -0.15) is 0 Å². The fourth-order valence-corrected chi connectivity index (χ4v) is 5.49. The lowest BCUT2D eigenvalue weighted by atomic mass is 9.99. The second kappa shape index (κ2) is 4.86. The molecule has 0 unspecified atom stereocenters. The van der Waals surface area contributed by atoms with Gasteiger partial charge in [-0.15, -0.1) is 0 Å². The van der Waals surface area contributed by atoms with Gasteiger partial charge in [-0.25, -0.2) is 8.42 Å². The van der Waals surface area contributed by atoms with E-state index in [4.69, 9.17) is 19.9 Å². The maximum absolute atomic E-state index is 12.1. The van der Waals surface area contributed by atoms with E-state index in [1.165, 1.54) is 6.26 Å². The van der Waals surface area contributed by atoms with Crippen LogP contribution >= 0.6 is 0 Å². The van der Waals surface area contributed by atoms with Crippen LogP contribution in [0.15, 0.2) is 18.2 Å². The lowest BCUT2D eigenvalue weighted by molar-refractivity contribution is 0.142. The molecule has 0 amide bonds. The minimum atomic E-state index is -3.21. The third-order valence-corrected chi connectivity index (χ3v) is 6.05. The Morgan fingerprint density at radius 2 is 2.10 bits per heavy atom. The largest absolute Gasteiger partial charge is 0.454 e. The van der Waals surface area contributed by atoms with Gasteiger partial charge in [0.15, 0.2) is 21.3 Å². The summed E-state index contributed by atoms with van der Waals surface area (Å²) in [4.78, 5) is 0. The van der Waals surface area contributed by atoms with E-state index in [0.29, 0.717) is 18.1 Å². The highest BCUT2D eigenvalue weighted by Crippen LogP contribution is 2.62. The van der Waals surface area contributed by atoms with Crippen LogP contribution in [0.5, 0.6) is 11.5 Å². The molecule has 0 radical (unpaired) electrons. The Labute approximate surface area is 124 Å². The second-order valence-electron chi connectivity index (χ2n) is 5.71. The molecule has 2 aliphatic rings. The van der Waals surface area contributed by atoms with Gasteiger partial charge >= 0.3 is 0 Å². The van der Waals surface area contributed by atoms with Crippen molar-refractivity contribution in [3.63, 3.8) is 0 Å². The van der Waals surface area contributed by atoms with E-state index in [-0.39, 0.29) is 19.3 Å². The summed E-state index contributed by atoms with van der Waals surface area (Å²) in [6, 6.07) is 5.53. The predicted octanol–water partition coefficient (Wildman–Crippen LogP) is 0.517. The number of fused-ring (bicyclic) bond motifs is 1. The van der Waals surface area contributed by atoms with Crippen molar-refractivity contribution in [2.24, 2.45) is 11.1 Å². The van der Waals surface area contributed by atoms with Crippen molar-refractivity contribution in [1.29, 1.82) is 0 Å². The van der Waals surface area contributed by atoms with E-state index < -0.39 is 20.5 Å². The molecular weight excluding hydrogens is 294 g/mol. The van der Waals surface area contributed by atoms with E-state index in [1.807, 2.05) is 18.2 Å². The molecule has 3 atom stereocenters. The Balaban J connectivity index is 2.00. The van der Waals surface area contributed by atoms with Gasteiger partial charge in [0.05, 0.1) is 11.9 Å². The maximum atomic E-state index is 12.1. The zero-order valence-corrected chi connectivity index (χ0v) is 12.9. The summed E-state index contributed by atoms with van der Waals surface area (Å²) in [6.45, 7) is 0.775. The van der Waals surface area contributed by atoms with E-state index >= 15 is 0 Å². The van der Waals surface area contributed by atoms with Gasteiger partial charge in [-0.1, -0.05) is 6.07 Å². The molecule has 1 heterocycles. The number of hydrogen-bond donors (Lipinski definition) is 1. The van der Waals surface area contributed by atoms with Crippen LogP contribution in [-0.2, 0) is 14.6 Å². The van der Waals surface area contributed by atoms with Crippen molar-refractivity contribution in [3.8, 4) is 11.5 Å². The van der Waals surface area contributed by atoms with Gasteiger partial charge in [0.2, 0.25) is 6.79 Å². The third-order valence-electron chi connectivity index (χ3n) is 4.39. The topological polar surface area (TPSA) is 87.8 Å². The molecule has 1 aromatic carbocycles. The maximum Gasteiger partial charge on any atom is 0.231 e. The SMILES string of the molecule is COC[C@]1(CN)[C@@H](c2ccc3c(c2)OCO3)[C@@H]1S(C)(=O)=O. The van der Waals surface area contributed by atoms with E-state index in [1.54, 1.807) is 7.11 Å². The first-order valence-corrected chi connectivity index (χ1v) is 8.67. The van der Waals surface area contributed by atoms with Crippen molar-refractivity contribution < 1.29 is 22.6 Å². The first-order valence-electron chi connectivity index (χ1n) is 6.71. The Morgan fingerprint density at radius 3 is 2.71 bits per heavy atom. The number of rotatable bonds is 5. The normalized spacial score (nSPS) is 30.4. The molecule has 6 nitrogen and oxygen atoms in total. The summed E-state index contributed by atoms with van der Waals surface area (Å²) < 4.78 is 40.1. The van der Waals surface area contributed by atoms with Gasteiger partial charge in [0.25, 0.3) is 0 Å². The number of methoxy groups -OCH3 is 1. The summed E-state index contributed by atoms with van der Waals surface area (Å²) in [5.74, 6) is 1.15. The molecule has 1 aromatic rings. The van der Waals surface area contributed by atoms with Crippen LogP contribution in [0.2, 0.25) is 0 Å². The summed E-state index contributed by atoms with van der Waals surface area (Å²) >= 11 is 0. The summed E-state index contributed by atoms with van der Waals surface area (Å²) in [5.41, 5.74) is 6.22. The highest BCUT2D eigenvalue weighted by Gasteiger charge is 2.69. The number of nitrogens with two attached hydrogens (primary N) is 1. The van der Waals surface area contributed by atoms with E-state index in [0.717, 1.165) is 5.56 Å². The Hall–Kier alpha value is -1.31. The number of sulfone groups is 1. The molecule has 1 aliphatic carbocycles. The molecule has 0 bridgehead atoms. The molecule has 1 fully saturated rings. The van der Waals surface area contributed by atoms with E-state index in [2.05, 4.69) is 0 Å². The Kier molecular flexibility index (Phi) is 3.38. The van der Waals surface area contributed by atoms with Crippen molar-refractivity contribution in [2.75, 3.05) is 33.3 Å². The monoisotopic (exact) mass is 313 g/mol. The average molecular weight is 313 g/mol. The zero-order valence-electron chi connectivity index (χ0n) is 12.0. The summed E-state index contributed by atoms with van der Waals surface area (Å²) in [5, 5.41) is -0.518. The zero-order chi connectivity index (χ0) is 15.3. The van der Waals surface area contributed by atoms with Crippen LogP contribution in [0.4, 0.5) is 0 Å². The fourth-order valence-electron chi connectivity index (χ4n) is 3.48. The quantitative estimate of drug-likeness (QED) is 0.852. The molecule has 7 heteroatoms. The highest BCUT2D eigenvalue weighted by molar-refractivity contribution is 7.91. The van der Waals surface area contributed by atoms with Gasteiger partial charge in [0.1, 0.15) is 0 Å². The van der Waals surface area contributed by atoms with Crippen LogP contribution in [0, 0.1) is 5.41 Å². The van der Waals surface area contributed by atoms with Crippen LogP contribution in [0.25, 0.3) is 0 Å². The molecule has 1 saturated carbocycles.